The highest BCUT2D eigenvalue weighted by Gasteiger charge is 2.16. The van der Waals surface area contributed by atoms with Gasteiger partial charge in [-0.3, -0.25) is 20.4 Å². The molecule has 0 saturated heterocycles. The number of carbonyl (C=O) groups excluding carboxylic acids is 1. The van der Waals surface area contributed by atoms with Gasteiger partial charge in [-0.25, -0.2) is 8.42 Å². The van der Waals surface area contributed by atoms with E-state index in [2.05, 4.69) is 20.9 Å². The second-order valence-corrected chi connectivity index (χ2v) is 9.91. The number of hydrogen-bond donors (Lipinski definition) is 4. The van der Waals surface area contributed by atoms with E-state index in [1.165, 1.54) is 37.5 Å². The number of sulfonamides is 1. The van der Waals surface area contributed by atoms with Crippen LogP contribution >= 0.6 is 23.8 Å². The Morgan fingerprint density at radius 2 is 1.69 bits per heavy atom. The van der Waals surface area contributed by atoms with Gasteiger partial charge in [0.2, 0.25) is 0 Å². The number of hydrazine groups is 1. The first-order valence-electron chi connectivity index (χ1n) is 10.3. The van der Waals surface area contributed by atoms with Gasteiger partial charge in [0, 0.05) is 12.1 Å². The Bertz CT molecular complexity index is 1080. The number of amides is 1. The van der Waals surface area contributed by atoms with Gasteiger partial charge in [0.1, 0.15) is 0 Å². The van der Waals surface area contributed by atoms with Gasteiger partial charge in [-0.15, -0.1) is 0 Å². The van der Waals surface area contributed by atoms with Crippen LogP contribution in [0.2, 0.25) is 5.02 Å². The molecule has 170 valence electrons. The number of carbonyl (C=O) groups is 1. The van der Waals surface area contributed by atoms with Crippen LogP contribution in [0.25, 0.3) is 6.08 Å². The van der Waals surface area contributed by atoms with Gasteiger partial charge >= 0.3 is 0 Å². The fraction of sp³-hybridized carbons (Fsp3) is 0.273. The van der Waals surface area contributed by atoms with E-state index in [1.807, 2.05) is 0 Å². The molecule has 7 nitrogen and oxygen atoms in total. The van der Waals surface area contributed by atoms with Crippen molar-refractivity contribution in [1.29, 1.82) is 0 Å². The van der Waals surface area contributed by atoms with Crippen LogP contribution in [0.15, 0.2) is 59.5 Å². The van der Waals surface area contributed by atoms with Gasteiger partial charge in [-0.05, 0) is 61.0 Å². The molecule has 0 aliphatic heterocycles. The molecule has 3 rings (SSSR count). The molecule has 1 fully saturated rings. The third-order valence-corrected chi connectivity index (χ3v) is 6.91. The summed E-state index contributed by atoms with van der Waals surface area (Å²) in [6.45, 7) is 0. The molecule has 0 radical (unpaired) electrons. The fourth-order valence-corrected chi connectivity index (χ4v) is 4.84. The quantitative estimate of drug-likeness (QED) is 0.276. The van der Waals surface area contributed by atoms with Crippen molar-refractivity contribution in [2.75, 3.05) is 4.72 Å². The van der Waals surface area contributed by atoms with Crippen LogP contribution in [0.5, 0.6) is 0 Å². The highest BCUT2D eigenvalue weighted by atomic mass is 35.5. The SMILES string of the molecule is O=C(C=Cc1ccc(S(=O)(=O)Nc2ccccc2Cl)cc1)NNC(=S)NC1CCCCC1. The van der Waals surface area contributed by atoms with Crippen molar-refractivity contribution in [3.05, 3.63) is 65.2 Å². The Labute approximate surface area is 198 Å². The zero-order valence-corrected chi connectivity index (χ0v) is 19.7. The number of anilines is 1. The molecule has 4 N–H and O–H groups in total. The molecule has 0 bridgehead atoms. The lowest BCUT2D eigenvalue weighted by atomic mass is 9.96. The van der Waals surface area contributed by atoms with E-state index in [4.69, 9.17) is 23.8 Å². The summed E-state index contributed by atoms with van der Waals surface area (Å²) >= 11 is 11.2. The van der Waals surface area contributed by atoms with Gasteiger partial charge in [0.25, 0.3) is 15.9 Å². The first-order valence-corrected chi connectivity index (χ1v) is 12.5. The summed E-state index contributed by atoms with van der Waals surface area (Å²) in [4.78, 5) is 12.1. The molecule has 1 amide bonds. The summed E-state index contributed by atoms with van der Waals surface area (Å²) in [6, 6.07) is 13.1. The minimum absolute atomic E-state index is 0.0832. The summed E-state index contributed by atoms with van der Waals surface area (Å²) in [5.41, 5.74) is 6.18. The third kappa shape index (κ3) is 7.22. The van der Waals surface area contributed by atoms with E-state index in [1.54, 1.807) is 42.5 Å². The largest absolute Gasteiger partial charge is 0.359 e. The number of para-hydroxylation sites is 1. The van der Waals surface area contributed by atoms with Gasteiger partial charge in [-0.1, -0.05) is 55.1 Å². The summed E-state index contributed by atoms with van der Waals surface area (Å²) in [6.07, 6.45) is 8.70. The van der Waals surface area contributed by atoms with Crippen LogP contribution < -0.4 is 20.9 Å². The maximum atomic E-state index is 12.5. The zero-order valence-electron chi connectivity index (χ0n) is 17.3. The van der Waals surface area contributed by atoms with Crippen molar-refractivity contribution in [2.24, 2.45) is 0 Å². The van der Waals surface area contributed by atoms with Gasteiger partial charge < -0.3 is 5.32 Å². The average Bonchev–Trinajstić information content (AvgIpc) is 2.79. The third-order valence-electron chi connectivity index (χ3n) is 4.98. The zero-order chi connectivity index (χ0) is 23.0. The molecule has 0 atom stereocenters. The summed E-state index contributed by atoms with van der Waals surface area (Å²) < 4.78 is 27.6. The average molecular weight is 493 g/mol. The van der Waals surface area contributed by atoms with Crippen LogP contribution in [-0.2, 0) is 14.8 Å². The van der Waals surface area contributed by atoms with Crippen LogP contribution in [0.1, 0.15) is 37.7 Å². The molecule has 1 aliphatic carbocycles. The Morgan fingerprint density at radius 3 is 2.38 bits per heavy atom. The maximum absolute atomic E-state index is 12.5. The highest BCUT2D eigenvalue weighted by Crippen LogP contribution is 2.24. The number of halogens is 1. The Morgan fingerprint density at radius 1 is 1.00 bits per heavy atom. The fourth-order valence-electron chi connectivity index (χ4n) is 3.31. The molecular weight excluding hydrogens is 468 g/mol. The van der Waals surface area contributed by atoms with E-state index in [9.17, 15) is 13.2 Å². The lowest BCUT2D eigenvalue weighted by Crippen LogP contribution is -2.49. The monoisotopic (exact) mass is 492 g/mol. The number of benzene rings is 2. The summed E-state index contributed by atoms with van der Waals surface area (Å²) in [5.74, 6) is -0.380. The van der Waals surface area contributed by atoms with Crippen LogP contribution in [0, 0.1) is 0 Å². The number of hydrogen-bond acceptors (Lipinski definition) is 4. The van der Waals surface area contributed by atoms with Crippen LogP contribution in [0.4, 0.5) is 5.69 Å². The van der Waals surface area contributed by atoms with Crippen molar-refractivity contribution in [2.45, 2.75) is 43.0 Å². The van der Waals surface area contributed by atoms with E-state index in [-0.39, 0.29) is 10.8 Å². The van der Waals surface area contributed by atoms with E-state index >= 15 is 0 Å². The Hall–Kier alpha value is -2.62. The second kappa shape index (κ2) is 11.3. The van der Waals surface area contributed by atoms with Crippen LogP contribution in [-0.4, -0.2) is 25.5 Å². The minimum atomic E-state index is -3.78. The van der Waals surface area contributed by atoms with Crippen molar-refractivity contribution >= 4 is 56.6 Å². The second-order valence-electron chi connectivity index (χ2n) is 7.41. The molecule has 2 aromatic carbocycles. The normalized spacial score (nSPS) is 14.7. The molecule has 10 heteroatoms. The van der Waals surface area contributed by atoms with Gasteiger partial charge in [0.15, 0.2) is 5.11 Å². The maximum Gasteiger partial charge on any atom is 0.262 e. The molecule has 2 aromatic rings. The molecule has 0 heterocycles. The lowest BCUT2D eigenvalue weighted by molar-refractivity contribution is -0.116. The van der Waals surface area contributed by atoms with E-state index < -0.39 is 10.0 Å². The minimum Gasteiger partial charge on any atom is -0.359 e. The Kier molecular flexibility index (Phi) is 8.49. The van der Waals surface area contributed by atoms with Gasteiger partial charge in [-0.2, -0.15) is 0 Å². The van der Waals surface area contributed by atoms with Crippen molar-refractivity contribution < 1.29 is 13.2 Å². The molecular formula is C22H25ClN4O3S2. The first kappa shape index (κ1) is 24.0. The Balaban J connectivity index is 1.50. The van der Waals surface area contributed by atoms with Gasteiger partial charge in [0.05, 0.1) is 15.6 Å². The van der Waals surface area contributed by atoms with Crippen molar-refractivity contribution in [1.82, 2.24) is 16.2 Å². The predicted molar refractivity (Wildman–Crippen MR) is 132 cm³/mol. The molecule has 0 spiro atoms. The summed E-state index contributed by atoms with van der Waals surface area (Å²) in [5, 5.41) is 3.90. The predicted octanol–water partition coefficient (Wildman–Crippen LogP) is 3.98. The van der Waals surface area contributed by atoms with E-state index in [0.29, 0.717) is 27.4 Å². The van der Waals surface area contributed by atoms with Crippen molar-refractivity contribution in [3.63, 3.8) is 0 Å². The number of nitrogens with one attached hydrogen (secondary N) is 4. The summed E-state index contributed by atoms with van der Waals surface area (Å²) in [7, 11) is -3.78. The molecule has 1 aliphatic rings. The lowest BCUT2D eigenvalue weighted by Gasteiger charge is -2.24. The topological polar surface area (TPSA) is 99.3 Å². The smallest absolute Gasteiger partial charge is 0.262 e. The molecule has 1 saturated carbocycles. The molecule has 0 unspecified atom stereocenters. The first-order chi connectivity index (χ1) is 15.3. The standard InChI is InChI=1S/C22H25ClN4O3S2/c23-19-8-4-5-9-20(19)27-32(29,30)18-13-10-16(11-14-18)12-15-21(28)25-26-22(31)24-17-6-2-1-3-7-17/h4-5,8-15,17,27H,1-3,6-7H2,(H,25,28)(H2,24,26,31). The molecule has 32 heavy (non-hydrogen) atoms. The number of thiocarbonyl (C=S) groups is 1. The van der Waals surface area contributed by atoms with Crippen molar-refractivity contribution in [3.8, 4) is 0 Å². The highest BCUT2D eigenvalue weighted by molar-refractivity contribution is 7.92. The number of rotatable bonds is 6. The molecule has 0 aromatic heterocycles. The van der Waals surface area contributed by atoms with E-state index in [0.717, 1.165) is 12.8 Å². The van der Waals surface area contributed by atoms with Crippen LogP contribution in [0.3, 0.4) is 0 Å².